The Hall–Kier alpha value is -2.76. The second kappa shape index (κ2) is 18.0. The Morgan fingerprint density at radius 1 is 1.14 bits per heavy atom. The molecule has 1 amide bonds. The van der Waals surface area contributed by atoms with E-state index in [0.717, 1.165) is 64.7 Å². The average molecular weight is 587 g/mol. The Kier molecular flexibility index (Phi) is 14.5. The van der Waals surface area contributed by atoms with Crippen molar-refractivity contribution in [2.75, 3.05) is 87.4 Å². The van der Waals surface area contributed by atoms with E-state index >= 15 is 0 Å². The van der Waals surface area contributed by atoms with Crippen LogP contribution in [0.5, 0.6) is 0 Å². The van der Waals surface area contributed by atoms with Crippen LogP contribution < -0.4 is 5.32 Å². The molecule has 1 aromatic rings. The number of hydrogen-bond donors (Lipinski definition) is 1. The van der Waals surface area contributed by atoms with Crippen LogP contribution in [0.4, 0.5) is 0 Å². The predicted octanol–water partition coefficient (Wildman–Crippen LogP) is 2.24. The van der Waals surface area contributed by atoms with Gasteiger partial charge in [-0.2, -0.15) is 0 Å². The normalized spacial score (nSPS) is 17.7. The number of allylic oxidation sites excluding steroid dienone is 3. The van der Waals surface area contributed by atoms with E-state index in [0.29, 0.717) is 38.5 Å². The van der Waals surface area contributed by atoms with E-state index in [9.17, 15) is 9.59 Å². The maximum atomic E-state index is 12.3. The van der Waals surface area contributed by atoms with Crippen LogP contribution in [0.2, 0.25) is 0 Å². The van der Waals surface area contributed by atoms with Crippen LogP contribution in [0, 0.1) is 0 Å². The number of hydrogen-bond acceptors (Lipinski definition) is 9. The maximum absolute atomic E-state index is 12.3. The molecule has 0 saturated carbocycles. The number of nitrogens with zero attached hydrogens (tertiary/aromatic N) is 3. The van der Waals surface area contributed by atoms with Gasteiger partial charge in [0, 0.05) is 61.0 Å². The minimum absolute atomic E-state index is 0.00672. The summed E-state index contributed by atoms with van der Waals surface area (Å²) in [6.07, 6.45) is 10.1. The molecule has 2 aliphatic heterocycles. The minimum Gasteiger partial charge on any atom is -0.394 e. The third kappa shape index (κ3) is 10.8. The predicted molar refractivity (Wildman–Crippen MR) is 163 cm³/mol. The van der Waals surface area contributed by atoms with Crippen molar-refractivity contribution in [1.29, 1.82) is 0 Å². The van der Waals surface area contributed by atoms with E-state index < -0.39 is 6.29 Å². The van der Waals surface area contributed by atoms with Gasteiger partial charge in [-0.15, -0.1) is 0 Å². The fraction of sp³-hybridized carbons (Fsp3) is 0.625. The van der Waals surface area contributed by atoms with Crippen LogP contribution in [0.15, 0.2) is 48.3 Å². The molecule has 2 heterocycles. The van der Waals surface area contributed by atoms with E-state index in [1.54, 1.807) is 26.2 Å². The van der Waals surface area contributed by atoms with Crippen molar-refractivity contribution in [3.05, 3.63) is 59.4 Å². The number of rotatable bonds is 17. The fourth-order valence-electron chi connectivity index (χ4n) is 5.46. The Balaban J connectivity index is 1.36. The molecule has 1 aromatic carbocycles. The zero-order chi connectivity index (χ0) is 30.2. The van der Waals surface area contributed by atoms with E-state index in [1.165, 1.54) is 11.1 Å². The number of methoxy groups -OCH3 is 2. The van der Waals surface area contributed by atoms with Crippen molar-refractivity contribution >= 4 is 12.2 Å². The summed E-state index contributed by atoms with van der Waals surface area (Å²) in [6.45, 7) is 6.51. The Bertz CT molecular complexity index is 1020. The van der Waals surface area contributed by atoms with Gasteiger partial charge in [0.15, 0.2) is 12.6 Å². The van der Waals surface area contributed by atoms with E-state index in [4.69, 9.17) is 18.9 Å². The largest absolute Gasteiger partial charge is 0.394 e. The first-order chi connectivity index (χ1) is 20.4. The molecule has 1 N–H and O–H groups in total. The van der Waals surface area contributed by atoms with Gasteiger partial charge in [-0.05, 0) is 55.2 Å². The summed E-state index contributed by atoms with van der Waals surface area (Å²) in [4.78, 5) is 30.3. The summed E-state index contributed by atoms with van der Waals surface area (Å²) < 4.78 is 22.4. The summed E-state index contributed by atoms with van der Waals surface area (Å²) >= 11 is 0. The first kappa shape index (κ1) is 33.7. The second-order valence-corrected chi connectivity index (χ2v) is 11.0. The number of aldehydes is 1. The van der Waals surface area contributed by atoms with E-state index in [1.807, 2.05) is 25.4 Å². The van der Waals surface area contributed by atoms with Gasteiger partial charge in [-0.1, -0.05) is 24.3 Å². The zero-order valence-corrected chi connectivity index (χ0v) is 25.9. The van der Waals surface area contributed by atoms with E-state index in [-0.39, 0.29) is 11.5 Å². The number of carbonyl (C=O) groups excluding carboxylic acids is 2. The molecule has 0 radical (unpaired) electrons. The molecule has 2 fully saturated rings. The minimum atomic E-state index is -0.424. The fourth-order valence-corrected chi connectivity index (χ4v) is 5.46. The molecule has 2 aliphatic rings. The third-order valence-electron chi connectivity index (χ3n) is 8.11. The highest BCUT2D eigenvalue weighted by molar-refractivity contribution is 5.76. The molecule has 0 aromatic heterocycles. The Labute approximate surface area is 251 Å². The summed E-state index contributed by atoms with van der Waals surface area (Å²) in [5.41, 5.74) is 3.10. The van der Waals surface area contributed by atoms with Crippen LogP contribution in [0.3, 0.4) is 0 Å². The maximum Gasteiger partial charge on any atom is 0.224 e. The molecule has 0 unspecified atom stereocenters. The number of piperidine rings is 1. The van der Waals surface area contributed by atoms with Crippen molar-refractivity contribution in [1.82, 2.24) is 20.0 Å². The first-order valence-electron chi connectivity index (χ1n) is 15.0. The van der Waals surface area contributed by atoms with Crippen molar-refractivity contribution in [2.45, 2.75) is 44.0 Å². The smallest absolute Gasteiger partial charge is 0.224 e. The second-order valence-electron chi connectivity index (χ2n) is 11.0. The summed E-state index contributed by atoms with van der Waals surface area (Å²) in [7, 11) is 6.70. The quantitative estimate of drug-likeness (QED) is 0.0970. The highest BCUT2D eigenvalue weighted by Gasteiger charge is 2.40. The SMILES string of the molecule is CN/C=C\C=C(/C=O)N1CCOC2(CCN(CCc3cccc(CCOCCC(=O)N(C)CC(OC)OC)c3)CC2)C1. The van der Waals surface area contributed by atoms with Crippen LogP contribution in [-0.2, 0) is 41.4 Å². The van der Waals surface area contributed by atoms with Crippen molar-refractivity contribution in [3.63, 3.8) is 0 Å². The van der Waals surface area contributed by atoms with Gasteiger partial charge < -0.3 is 39.0 Å². The third-order valence-corrected chi connectivity index (χ3v) is 8.11. The number of ether oxygens (including phenoxy) is 4. The number of amides is 1. The Morgan fingerprint density at radius 2 is 1.88 bits per heavy atom. The molecule has 234 valence electrons. The van der Waals surface area contributed by atoms with Crippen LogP contribution in [0.25, 0.3) is 0 Å². The molecule has 0 atom stereocenters. The number of carbonyl (C=O) groups is 2. The van der Waals surface area contributed by atoms with Crippen molar-refractivity contribution in [3.8, 4) is 0 Å². The number of benzene rings is 1. The Morgan fingerprint density at radius 3 is 2.57 bits per heavy atom. The highest BCUT2D eigenvalue weighted by atomic mass is 16.7. The molecule has 3 rings (SSSR count). The lowest BCUT2D eigenvalue weighted by Gasteiger charge is -2.48. The van der Waals surface area contributed by atoms with Gasteiger partial charge in [0.1, 0.15) is 0 Å². The van der Waals surface area contributed by atoms with Crippen LogP contribution in [-0.4, -0.2) is 126 Å². The van der Waals surface area contributed by atoms with Gasteiger partial charge in [0.2, 0.25) is 5.91 Å². The average Bonchev–Trinajstić information content (AvgIpc) is 3.01. The lowest BCUT2D eigenvalue weighted by Crippen LogP contribution is -2.56. The summed E-state index contributed by atoms with van der Waals surface area (Å²) in [5, 5.41) is 2.95. The standard InChI is InChI=1S/C32H50N4O6/c1-33-15-6-9-29(25-37)36-19-22-42-32(26-36)13-17-35(18-14-32)16-10-27-7-5-8-28(23-27)11-20-41-21-12-30(38)34(2)24-31(39-3)40-4/h5-9,15,23,25,31,33H,10-14,16-22,24,26H2,1-4H3/b15-6-,29-9+. The lowest BCUT2D eigenvalue weighted by molar-refractivity contribution is -0.143. The summed E-state index contributed by atoms with van der Waals surface area (Å²) in [5.74, 6) is 0.00672. The van der Waals surface area contributed by atoms with Crippen molar-refractivity contribution in [2.24, 2.45) is 0 Å². The molecular weight excluding hydrogens is 536 g/mol. The number of morpholine rings is 1. The first-order valence-corrected chi connectivity index (χ1v) is 15.0. The van der Waals surface area contributed by atoms with Gasteiger partial charge in [-0.25, -0.2) is 0 Å². The zero-order valence-electron chi connectivity index (χ0n) is 25.9. The number of likely N-dealkylation sites (N-methyl/N-ethyl adjacent to an activating group) is 1. The van der Waals surface area contributed by atoms with Crippen LogP contribution >= 0.6 is 0 Å². The molecule has 2 saturated heterocycles. The molecule has 1 spiro atoms. The van der Waals surface area contributed by atoms with Gasteiger partial charge >= 0.3 is 0 Å². The van der Waals surface area contributed by atoms with Gasteiger partial charge in [0.25, 0.3) is 0 Å². The summed E-state index contributed by atoms with van der Waals surface area (Å²) in [6, 6.07) is 8.70. The molecule has 0 aliphatic carbocycles. The highest BCUT2D eigenvalue weighted by Crippen LogP contribution is 2.31. The number of likely N-dealkylation sites (tertiary alicyclic amines) is 1. The molecule has 10 heteroatoms. The molecular formula is C32H50N4O6. The van der Waals surface area contributed by atoms with Crippen molar-refractivity contribution < 1.29 is 28.5 Å². The molecule has 0 bridgehead atoms. The molecule has 10 nitrogen and oxygen atoms in total. The van der Waals surface area contributed by atoms with E-state index in [2.05, 4.69) is 39.4 Å². The monoisotopic (exact) mass is 586 g/mol. The molecule has 42 heavy (non-hydrogen) atoms. The topological polar surface area (TPSA) is 92.8 Å². The number of nitrogens with one attached hydrogen (secondary N) is 1. The van der Waals surface area contributed by atoms with Gasteiger partial charge in [0.05, 0.1) is 44.1 Å². The lowest BCUT2D eigenvalue weighted by atomic mass is 9.89. The van der Waals surface area contributed by atoms with Gasteiger partial charge in [-0.3, -0.25) is 9.59 Å². The van der Waals surface area contributed by atoms with Crippen LogP contribution in [0.1, 0.15) is 30.4 Å².